The van der Waals surface area contributed by atoms with Crippen LogP contribution in [0.4, 0.5) is 0 Å². The third kappa shape index (κ3) is 0.385. The second-order valence-electron chi connectivity index (χ2n) is 3.82. The first-order valence-electron chi connectivity index (χ1n) is 4.08. The van der Waals surface area contributed by atoms with Crippen LogP contribution in [0.2, 0.25) is 0 Å². The Morgan fingerprint density at radius 1 is 1.44 bits per heavy atom. The van der Waals surface area contributed by atoms with Crippen LogP contribution >= 0.6 is 0 Å². The Hall–Kier alpha value is -0.260. The number of hydrogen-bond acceptors (Lipinski definition) is 0. The van der Waals surface area contributed by atoms with E-state index in [0.29, 0.717) is 0 Å². The largest absolute Gasteiger partial charge is 0.0878 e. The van der Waals surface area contributed by atoms with Gasteiger partial charge < -0.3 is 0 Å². The molecule has 0 heterocycles. The lowest BCUT2D eigenvalue weighted by Gasteiger charge is -1.86. The molecule has 3 rings (SSSR count). The maximum Gasteiger partial charge on any atom is -0.0103 e. The molecule has 0 spiro atoms. The minimum absolute atomic E-state index is 1.08. The standard InChI is InChI=1S/C9H12/c1-2-6-8-4-5-3-7(5)9(6)8/h2,5,7-9H,3-4H2,1H3/b6-2+. The van der Waals surface area contributed by atoms with E-state index in [0.717, 1.165) is 11.8 Å². The summed E-state index contributed by atoms with van der Waals surface area (Å²) in [6.45, 7) is 2.20. The Balaban J connectivity index is 1.94. The van der Waals surface area contributed by atoms with Crippen molar-refractivity contribution in [3.8, 4) is 0 Å². The summed E-state index contributed by atoms with van der Waals surface area (Å²) in [7, 11) is 0. The summed E-state index contributed by atoms with van der Waals surface area (Å²) >= 11 is 0. The van der Waals surface area contributed by atoms with Crippen molar-refractivity contribution in [2.45, 2.75) is 19.8 Å². The maximum absolute atomic E-state index is 2.35. The quantitative estimate of drug-likeness (QED) is 0.430. The third-order valence-electron chi connectivity index (χ3n) is 3.47. The fraction of sp³-hybridized carbons (Fsp3) is 0.778. The fourth-order valence-corrected chi connectivity index (χ4v) is 2.91. The molecule has 4 unspecified atom stereocenters. The fourth-order valence-electron chi connectivity index (χ4n) is 2.91. The zero-order valence-corrected chi connectivity index (χ0v) is 5.80. The molecule has 0 saturated heterocycles. The lowest BCUT2D eigenvalue weighted by atomic mass is 10.2. The molecule has 3 aliphatic rings. The summed E-state index contributed by atoms with van der Waals surface area (Å²) in [4.78, 5) is 0. The third-order valence-corrected chi connectivity index (χ3v) is 3.47. The Labute approximate surface area is 56.0 Å². The van der Waals surface area contributed by atoms with Crippen LogP contribution in [0.5, 0.6) is 0 Å². The molecule has 3 aliphatic carbocycles. The molecule has 0 nitrogen and oxygen atoms in total. The van der Waals surface area contributed by atoms with Crippen molar-refractivity contribution in [3.05, 3.63) is 11.6 Å². The summed E-state index contributed by atoms with van der Waals surface area (Å²) in [5.41, 5.74) is 1.80. The van der Waals surface area contributed by atoms with E-state index in [9.17, 15) is 0 Å². The molecular formula is C9H12. The van der Waals surface area contributed by atoms with Crippen LogP contribution < -0.4 is 0 Å². The van der Waals surface area contributed by atoms with Gasteiger partial charge in [0.1, 0.15) is 0 Å². The zero-order chi connectivity index (χ0) is 6.01. The molecule has 3 saturated carbocycles. The van der Waals surface area contributed by atoms with Crippen molar-refractivity contribution in [1.29, 1.82) is 0 Å². The smallest absolute Gasteiger partial charge is 0.0103 e. The van der Waals surface area contributed by atoms with Crippen LogP contribution in [0.25, 0.3) is 0 Å². The molecule has 0 heteroatoms. The molecule has 4 atom stereocenters. The van der Waals surface area contributed by atoms with Gasteiger partial charge in [0.05, 0.1) is 0 Å². The van der Waals surface area contributed by atoms with Crippen molar-refractivity contribution >= 4 is 0 Å². The average molecular weight is 120 g/mol. The van der Waals surface area contributed by atoms with Gasteiger partial charge in [-0.1, -0.05) is 11.6 Å². The maximum atomic E-state index is 2.35. The first-order valence-corrected chi connectivity index (χ1v) is 4.08. The molecule has 0 radical (unpaired) electrons. The van der Waals surface area contributed by atoms with Gasteiger partial charge in [0.15, 0.2) is 0 Å². The molecule has 0 aliphatic heterocycles. The second kappa shape index (κ2) is 1.12. The summed E-state index contributed by atoms with van der Waals surface area (Å²) in [5, 5.41) is 0. The minimum Gasteiger partial charge on any atom is -0.0878 e. The highest BCUT2D eigenvalue weighted by Crippen LogP contribution is 2.72. The predicted molar refractivity (Wildman–Crippen MR) is 37.0 cm³/mol. The molecule has 48 valence electrons. The second-order valence-corrected chi connectivity index (χ2v) is 3.82. The molecule has 0 N–H and O–H groups in total. The first-order chi connectivity index (χ1) is 4.42. The SMILES string of the molecule is C/C=C1\C2CC3CC3C12. The molecule has 0 aromatic heterocycles. The van der Waals surface area contributed by atoms with Crippen molar-refractivity contribution in [3.63, 3.8) is 0 Å². The van der Waals surface area contributed by atoms with Crippen molar-refractivity contribution in [1.82, 2.24) is 0 Å². The van der Waals surface area contributed by atoms with E-state index >= 15 is 0 Å². The van der Waals surface area contributed by atoms with Crippen LogP contribution in [-0.4, -0.2) is 0 Å². The van der Waals surface area contributed by atoms with Crippen molar-refractivity contribution < 1.29 is 0 Å². The minimum atomic E-state index is 1.08. The Morgan fingerprint density at radius 2 is 2.33 bits per heavy atom. The van der Waals surface area contributed by atoms with Gasteiger partial charge in [0.25, 0.3) is 0 Å². The van der Waals surface area contributed by atoms with E-state index in [1.165, 1.54) is 11.8 Å². The first kappa shape index (κ1) is 4.54. The molecule has 0 aromatic carbocycles. The molecular weight excluding hydrogens is 108 g/mol. The highest BCUT2D eigenvalue weighted by Gasteiger charge is 2.64. The van der Waals surface area contributed by atoms with Gasteiger partial charge in [-0.05, 0) is 43.4 Å². The highest BCUT2D eigenvalue weighted by molar-refractivity contribution is 5.37. The lowest BCUT2D eigenvalue weighted by Crippen LogP contribution is -1.76. The zero-order valence-electron chi connectivity index (χ0n) is 5.80. The van der Waals surface area contributed by atoms with Gasteiger partial charge in [-0.2, -0.15) is 0 Å². The number of fused-ring (bicyclic) bond motifs is 3. The van der Waals surface area contributed by atoms with Crippen LogP contribution in [0.15, 0.2) is 11.6 Å². The van der Waals surface area contributed by atoms with Gasteiger partial charge in [-0.25, -0.2) is 0 Å². The molecule has 0 aromatic rings. The summed E-state index contributed by atoms with van der Waals surface area (Å²) in [6.07, 6.45) is 5.47. The lowest BCUT2D eigenvalue weighted by molar-refractivity contribution is 0.697. The average Bonchev–Trinajstić information content (AvgIpc) is 2.72. The van der Waals surface area contributed by atoms with Gasteiger partial charge in [-0.3, -0.25) is 0 Å². The molecule has 3 fully saturated rings. The predicted octanol–water partition coefficient (Wildman–Crippen LogP) is 2.22. The van der Waals surface area contributed by atoms with Crippen molar-refractivity contribution in [2.75, 3.05) is 0 Å². The van der Waals surface area contributed by atoms with Gasteiger partial charge >= 0.3 is 0 Å². The Kier molecular flexibility index (Phi) is 0.564. The van der Waals surface area contributed by atoms with Gasteiger partial charge in [-0.15, -0.1) is 0 Å². The van der Waals surface area contributed by atoms with Crippen LogP contribution in [0, 0.1) is 23.7 Å². The van der Waals surface area contributed by atoms with Gasteiger partial charge in [0.2, 0.25) is 0 Å². The van der Waals surface area contributed by atoms with E-state index < -0.39 is 0 Å². The molecule has 9 heavy (non-hydrogen) atoms. The van der Waals surface area contributed by atoms with Crippen LogP contribution in [0.3, 0.4) is 0 Å². The van der Waals surface area contributed by atoms with Crippen LogP contribution in [-0.2, 0) is 0 Å². The number of rotatable bonds is 0. The summed E-state index contributed by atoms with van der Waals surface area (Å²) < 4.78 is 0. The van der Waals surface area contributed by atoms with Crippen LogP contribution in [0.1, 0.15) is 19.8 Å². The topological polar surface area (TPSA) is 0 Å². The van der Waals surface area contributed by atoms with Gasteiger partial charge in [0, 0.05) is 0 Å². The highest BCUT2D eigenvalue weighted by atomic mass is 14.7. The van der Waals surface area contributed by atoms with E-state index in [1.807, 2.05) is 0 Å². The van der Waals surface area contributed by atoms with Crippen molar-refractivity contribution in [2.24, 2.45) is 23.7 Å². The Bertz CT molecular complexity index is 190. The van der Waals surface area contributed by atoms with E-state index in [-0.39, 0.29) is 0 Å². The van der Waals surface area contributed by atoms with E-state index in [1.54, 1.807) is 18.4 Å². The summed E-state index contributed by atoms with van der Waals surface area (Å²) in [6, 6.07) is 0. The molecule has 0 bridgehead atoms. The monoisotopic (exact) mass is 120 g/mol. The Morgan fingerprint density at radius 3 is 2.89 bits per heavy atom. The van der Waals surface area contributed by atoms with E-state index in [4.69, 9.17) is 0 Å². The normalized spacial score (nSPS) is 63.4. The number of allylic oxidation sites excluding steroid dienone is 2. The van der Waals surface area contributed by atoms with E-state index in [2.05, 4.69) is 13.0 Å². The molecule has 0 amide bonds. The summed E-state index contributed by atoms with van der Waals surface area (Å²) in [5.74, 6) is 4.53. The number of hydrogen-bond donors (Lipinski definition) is 0.